The third-order valence-corrected chi connectivity index (χ3v) is 3.47. The second-order valence-electron chi connectivity index (χ2n) is 4.97. The molecule has 0 aromatic carbocycles. The molecular weight excluding hydrogens is 232 g/mol. The van der Waals surface area contributed by atoms with Gasteiger partial charge in [0.05, 0.1) is 7.11 Å². The van der Waals surface area contributed by atoms with E-state index in [1.54, 1.807) is 0 Å². The third-order valence-electron chi connectivity index (χ3n) is 3.47. The van der Waals surface area contributed by atoms with Gasteiger partial charge < -0.3 is 10.1 Å². The minimum Gasteiger partial charge on any atom is -0.467 e. The summed E-state index contributed by atoms with van der Waals surface area (Å²) in [6.07, 6.45) is 4.77. The van der Waals surface area contributed by atoms with Gasteiger partial charge in [-0.2, -0.15) is 0 Å². The number of hydrogen-bond donors (Lipinski definition) is 1. The Morgan fingerprint density at radius 3 is 2.72 bits per heavy atom. The topological polar surface area (TPSA) is 58.6 Å². The fraction of sp³-hybridized carbons (Fsp3) is 0.846. The molecule has 1 aliphatic heterocycles. The molecule has 0 bridgehead atoms. The van der Waals surface area contributed by atoms with Gasteiger partial charge in [-0.05, 0) is 26.3 Å². The van der Waals surface area contributed by atoms with E-state index in [4.69, 9.17) is 4.74 Å². The highest BCUT2D eigenvalue weighted by Crippen LogP contribution is 2.16. The Balaban J connectivity index is 2.62. The molecule has 2 atom stereocenters. The van der Waals surface area contributed by atoms with E-state index in [-0.39, 0.29) is 11.9 Å². The number of amides is 1. The van der Waals surface area contributed by atoms with Crippen LogP contribution < -0.4 is 5.32 Å². The van der Waals surface area contributed by atoms with Crippen LogP contribution in [0.1, 0.15) is 39.5 Å². The first-order valence-electron chi connectivity index (χ1n) is 6.63. The first-order valence-corrected chi connectivity index (χ1v) is 6.63. The molecule has 0 aromatic heterocycles. The zero-order valence-corrected chi connectivity index (χ0v) is 11.6. The van der Waals surface area contributed by atoms with E-state index in [0.717, 1.165) is 19.4 Å². The van der Waals surface area contributed by atoms with Crippen LogP contribution in [0, 0.1) is 0 Å². The van der Waals surface area contributed by atoms with E-state index < -0.39 is 6.04 Å². The average molecular weight is 256 g/mol. The van der Waals surface area contributed by atoms with Gasteiger partial charge in [-0.15, -0.1) is 0 Å². The Morgan fingerprint density at radius 1 is 1.39 bits per heavy atom. The molecule has 104 valence electrons. The number of carbonyl (C=O) groups excluding carboxylic acids is 2. The standard InChI is InChI=1S/C13H24N2O3/c1-10-7-5-4-6-8-15(10)9-12(13(17)18-3)14-11(2)16/h10,12H,4-9H2,1-3H3,(H,14,16). The number of esters is 1. The van der Waals surface area contributed by atoms with Gasteiger partial charge in [-0.1, -0.05) is 12.8 Å². The normalized spacial score (nSPS) is 22.9. The molecule has 0 radical (unpaired) electrons. The molecule has 0 aliphatic carbocycles. The lowest BCUT2D eigenvalue weighted by molar-refractivity contribution is -0.145. The first kappa shape index (κ1) is 15.0. The molecule has 1 saturated heterocycles. The summed E-state index contributed by atoms with van der Waals surface area (Å²) >= 11 is 0. The maximum atomic E-state index is 11.7. The summed E-state index contributed by atoms with van der Waals surface area (Å²) in [4.78, 5) is 25.0. The summed E-state index contributed by atoms with van der Waals surface area (Å²) < 4.78 is 4.74. The summed E-state index contributed by atoms with van der Waals surface area (Å²) in [5, 5.41) is 2.66. The average Bonchev–Trinajstić information content (AvgIpc) is 2.52. The van der Waals surface area contributed by atoms with Crippen molar-refractivity contribution in [2.24, 2.45) is 0 Å². The second kappa shape index (κ2) is 7.36. The maximum absolute atomic E-state index is 11.7. The molecule has 0 aromatic rings. The maximum Gasteiger partial charge on any atom is 0.329 e. The molecule has 5 nitrogen and oxygen atoms in total. The van der Waals surface area contributed by atoms with Gasteiger partial charge >= 0.3 is 5.97 Å². The molecule has 1 rings (SSSR count). The lowest BCUT2D eigenvalue weighted by Crippen LogP contribution is -2.50. The predicted molar refractivity (Wildman–Crippen MR) is 69.1 cm³/mol. The van der Waals surface area contributed by atoms with Gasteiger partial charge in [0, 0.05) is 19.5 Å². The summed E-state index contributed by atoms with van der Waals surface area (Å²) in [5.74, 6) is -0.575. The van der Waals surface area contributed by atoms with Gasteiger partial charge in [-0.25, -0.2) is 4.79 Å². The highest BCUT2D eigenvalue weighted by molar-refractivity contribution is 5.83. The number of rotatable bonds is 4. The molecule has 5 heteroatoms. The van der Waals surface area contributed by atoms with E-state index in [9.17, 15) is 9.59 Å². The Bertz CT molecular complexity index is 294. The SMILES string of the molecule is COC(=O)C(CN1CCCCCC1C)NC(C)=O. The molecule has 1 N–H and O–H groups in total. The minimum absolute atomic E-state index is 0.201. The van der Waals surface area contributed by atoms with Crippen molar-refractivity contribution in [2.45, 2.75) is 51.6 Å². The fourth-order valence-corrected chi connectivity index (χ4v) is 2.41. The first-order chi connectivity index (χ1) is 8.54. The van der Waals surface area contributed by atoms with E-state index in [2.05, 4.69) is 17.1 Å². The number of likely N-dealkylation sites (tertiary alicyclic amines) is 1. The van der Waals surface area contributed by atoms with Gasteiger partial charge in [-0.3, -0.25) is 9.69 Å². The number of ether oxygens (including phenoxy) is 1. The van der Waals surface area contributed by atoms with Crippen molar-refractivity contribution in [3.05, 3.63) is 0 Å². The van der Waals surface area contributed by atoms with Gasteiger partial charge in [0.2, 0.25) is 5.91 Å². The highest BCUT2D eigenvalue weighted by Gasteiger charge is 2.26. The number of nitrogens with zero attached hydrogens (tertiary/aromatic N) is 1. The number of methoxy groups -OCH3 is 1. The van der Waals surface area contributed by atoms with Gasteiger partial charge in [0.1, 0.15) is 6.04 Å². The Kier molecular flexibility index (Phi) is 6.12. The van der Waals surface area contributed by atoms with Gasteiger partial charge in [0.25, 0.3) is 0 Å². The minimum atomic E-state index is -0.562. The molecule has 1 heterocycles. The van der Waals surface area contributed by atoms with Crippen molar-refractivity contribution in [2.75, 3.05) is 20.2 Å². The Hall–Kier alpha value is -1.10. The molecule has 2 unspecified atom stereocenters. The number of hydrogen-bond acceptors (Lipinski definition) is 4. The number of nitrogens with one attached hydrogen (secondary N) is 1. The van der Waals surface area contributed by atoms with Crippen molar-refractivity contribution in [1.29, 1.82) is 0 Å². The van der Waals surface area contributed by atoms with Crippen molar-refractivity contribution in [3.63, 3.8) is 0 Å². The zero-order chi connectivity index (χ0) is 13.5. The van der Waals surface area contributed by atoms with Crippen LogP contribution in [-0.4, -0.2) is 49.1 Å². The zero-order valence-electron chi connectivity index (χ0n) is 11.6. The van der Waals surface area contributed by atoms with Crippen molar-refractivity contribution >= 4 is 11.9 Å². The van der Waals surface area contributed by atoms with Crippen molar-refractivity contribution < 1.29 is 14.3 Å². The van der Waals surface area contributed by atoms with Crippen LogP contribution in [0.15, 0.2) is 0 Å². The summed E-state index contributed by atoms with van der Waals surface area (Å²) in [7, 11) is 1.35. The summed E-state index contributed by atoms with van der Waals surface area (Å²) in [6, 6.07) is -0.110. The van der Waals surface area contributed by atoms with Crippen molar-refractivity contribution in [3.8, 4) is 0 Å². The summed E-state index contributed by atoms with van der Waals surface area (Å²) in [6.45, 7) is 5.11. The van der Waals surface area contributed by atoms with E-state index in [0.29, 0.717) is 12.6 Å². The Labute approximate surface area is 109 Å². The Morgan fingerprint density at radius 2 is 2.11 bits per heavy atom. The predicted octanol–water partition coefficient (Wildman–Crippen LogP) is 0.929. The quantitative estimate of drug-likeness (QED) is 0.760. The van der Waals surface area contributed by atoms with Gasteiger partial charge in [0.15, 0.2) is 0 Å². The molecule has 0 saturated carbocycles. The molecular formula is C13H24N2O3. The molecule has 18 heavy (non-hydrogen) atoms. The van der Waals surface area contributed by atoms with Crippen LogP contribution in [-0.2, 0) is 14.3 Å². The van der Waals surface area contributed by atoms with Crippen molar-refractivity contribution in [1.82, 2.24) is 10.2 Å². The van der Waals surface area contributed by atoms with Crippen LogP contribution in [0.4, 0.5) is 0 Å². The molecule has 1 aliphatic rings. The van der Waals surface area contributed by atoms with Crippen LogP contribution >= 0.6 is 0 Å². The van der Waals surface area contributed by atoms with E-state index in [1.165, 1.54) is 26.9 Å². The molecule has 1 fully saturated rings. The summed E-state index contributed by atoms with van der Waals surface area (Å²) in [5.41, 5.74) is 0. The molecule has 1 amide bonds. The van der Waals surface area contributed by atoms with Crippen LogP contribution in [0.5, 0.6) is 0 Å². The number of carbonyl (C=O) groups is 2. The van der Waals surface area contributed by atoms with E-state index >= 15 is 0 Å². The smallest absolute Gasteiger partial charge is 0.329 e. The van der Waals surface area contributed by atoms with E-state index in [1.807, 2.05) is 0 Å². The lowest BCUT2D eigenvalue weighted by Gasteiger charge is -2.30. The van der Waals surface area contributed by atoms with Crippen LogP contribution in [0.25, 0.3) is 0 Å². The fourth-order valence-electron chi connectivity index (χ4n) is 2.41. The monoisotopic (exact) mass is 256 g/mol. The second-order valence-corrected chi connectivity index (χ2v) is 4.97. The van der Waals surface area contributed by atoms with Crippen LogP contribution in [0.3, 0.4) is 0 Å². The third kappa shape index (κ3) is 4.64. The van der Waals surface area contributed by atoms with Crippen LogP contribution in [0.2, 0.25) is 0 Å². The largest absolute Gasteiger partial charge is 0.467 e. The molecule has 0 spiro atoms. The lowest BCUT2D eigenvalue weighted by atomic mass is 10.1. The highest BCUT2D eigenvalue weighted by atomic mass is 16.5.